The van der Waals surface area contributed by atoms with Gasteiger partial charge < -0.3 is 23.4 Å². The molecule has 3 aromatic rings. The van der Waals surface area contributed by atoms with E-state index in [0.717, 1.165) is 28.2 Å². The van der Waals surface area contributed by atoms with Crippen molar-refractivity contribution in [2.24, 2.45) is 5.16 Å². The van der Waals surface area contributed by atoms with Gasteiger partial charge in [-0.05, 0) is 41.8 Å². The zero-order valence-corrected chi connectivity index (χ0v) is 20.6. The number of hydrogen-bond donors (Lipinski definition) is 0. The number of nitrogens with zero attached hydrogens (tertiary/aromatic N) is 1. The first-order valence-corrected chi connectivity index (χ1v) is 12.6. The minimum atomic E-state index is -3.00. The van der Waals surface area contributed by atoms with Crippen LogP contribution in [0.25, 0.3) is 0 Å². The Bertz CT molecular complexity index is 1080. The summed E-state index contributed by atoms with van der Waals surface area (Å²) < 4.78 is 33.9. The molecule has 0 fully saturated rings. The van der Waals surface area contributed by atoms with Gasteiger partial charge >= 0.3 is 7.60 Å². The van der Waals surface area contributed by atoms with Gasteiger partial charge in [0.15, 0.2) is 0 Å². The van der Waals surface area contributed by atoms with E-state index < -0.39 is 7.60 Å². The molecule has 0 amide bonds. The normalized spacial score (nSPS) is 11.8. The van der Waals surface area contributed by atoms with Crippen molar-refractivity contribution in [2.75, 3.05) is 34.1 Å². The van der Waals surface area contributed by atoms with Crippen LogP contribution in [0.15, 0.2) is 84.0 Å². The van der Waals surface area contributed by atoms with E-state index in [1.54, 1.807) is 0 Å². The van der Waals surface area contributed by atoms with E-state index in [2.05, 4.69) is 5.16 Å². The Balaban J connectivity index is 1.48. The Hall–Kier alpha value is -3.12. The van der Waals surface area contributed by atoms with E-state index in [0.29, 0.717) is 31.5 Å². The summed E-state index contributed by atoms with van der Waals surface area (Å²) in [7, 11) is 1.32. The second-order valence-corrected chi connectivity index (χ2v) is 9.80. The summed E-state index contributed by atoms with van der Waals surface area (Å²) in [6, 6.07) is 25.2. The molecule has 0 radical (unpaired) electrons. The fourth-order valence-electron chi connectivity index (χ4n) is 3.18. The second kappa shape index (κ2) is 12.9. The summed E-state index contributed by atoms with van der Waals surface area (Å²) in [5.74, 6) is 1.49. The van der Waals surface area contributed by atoms with E-state index in [1.807, 2.05) is 78.9 Å². The topological polar surface area (TPSA) is 75.6 Å². The molecule has 3 rings (SSSR count). The third kappa shape index (κ3) is 7.73. The Labute approximate surface area is 200 Å². The number of ether oxygens (including phenoxy) is 2. The smallest absolute Gasteiger partial charge is 0.330 e. The number of hydrogen-bond acceptors (Lipinski definition) is 7. The van der Waals surface area contributed by atoms with Gasteiger partial charge in [-0.3, -0.25) is 4.57 Å². The molecule has 0 bridgehead atoms. The zero-order chi connectivity index (χ0) is 24.2. The average Bonchev–Trinajstić information content (AvgIpc) is 2.90. The third-order valence-corrected chi connectivity index (χ3v) is 7.05. The highest BCUT2D eigenvalue weighted by Crippen LogP contribution is 2.46. The van der Waals surface area contributed by atoms with Crippen LogP contribution in [0.3, 0.4) is 0 Å². The Morgan fingerprint density at radius 3 is 1.94 bits per heavy atom. The van der Waals surface area contributed by atoms with Crippen molar-refractivity contribution in [1.29, 1.82) is 0 Å². The fraction of sp³-hybridized carbons (Fsp3) is 0.269. The number of oxime groups is 1. The molecule has 0 unspecified atom stereocenters. The van der Waals surface area contributed by atoms with E-state index in [1.165, 1.54) is 21.3 Å². The van der Waals surface area contributed by atoms with Gasteiger partial charge in [0, 0.05) is 19.8 Å². The number of benzene rings is 3. The van der Waals surface area contributed by atoms with Crippen molar-refractivity contribution in [3.05, 3.63) is 95.6 Å². The lowest BCUT2D eigenvalue weighted by molar-refractivity contribution is 0.210. The lowest BCUT2D eigenvalue weighted by Gasteiger charge is -2.13. The molecule has 8 heteroatoms. The van der Waals surface area contributed by atoms with Crippen LogP contribution < -0.4 is 9.47 Å². The van der Waals surface area contributed by atoms with E-state index in [9.17, 15) is 4.57 Å². The first-order chi connectivity index (χ1) is 16.5. The molecule has 0 atom stereocenters. The molecule has 0 N–H and O–H groups in total. The van der Waals surface area contributed by atoms with Crippen molar-refractivity contribution < 1.29 is 27.9 Å². The highest BCUT2D eigenvalue weighted by Gasteiger charge is 2.20. The third-order valence-electron chi connectivity index (χ3n) is 5.17. The van der Waals surface area contributed by atoms with Gasteiger partial charge in [-0.1, -0.05) is 59.8 Å². The zero-order valence-electron chi connectivity index (χ0n) is 19.7. The van der Waals surface area contributed by atoms with Gasteiger partial charge in [-0.15, -0.1) is 0 Å². The maximum atomic E-state index is 12.2. The van der Waals surface area contributed by atoms with E-state index in [4.69, 9.17) is 23.4 Å². The van der Waals surface area contributed by atoms with Gasteiger partial charge in [0.1, 0.15) is 37.5 Å². The van der Waals surface area contributed by atoms with Crippen LogP contribution >= 0.6 is 7.60 Å². The van der Waals surface area contributed by atoms with Crippen LogP contribution in [-0.2, 0) is 31.5 Å². The average molecular weight is 484 g/mol. The Morgan fingerprint density at radius 2 is 1.35 bits per heavy atom. The standard InChI is InChI=1S/C26H30NO6P/c1-29-27-26(23-7-5-4-6-8-23)20-33-25-15-11-22(12-16-25)19-32-24-13-9-21(10-14-24)17-18-34(28,30-2)31-3/h4-16H,17-20H2,1-3H3/b27-26+. The largest absolute Gasteiger partial charge is 0.489 e. The predicted octanol–water partition coefficient (Wildman–Crippen LogP) is 5.72. The molecule has 0 saturated carbocycles. The maximum absolute atomic E-state index is 12.2. The molecule has 34 heavy (non-hydrogen) atoms. The Kier molecular flexibility index (Phi) is 9.71. The van der Waals surface area contributed by atoms with E-state index >= 15 is 0 Å². The van der Waals surface area contributed by atoms with Crippen LogP contribution in [0.4, 0.5) is 0 Å². The first-order valence-electron chi connectivity index (χ1n) is 10.8. The highest BCUT2D eigenvalue weighted by atomic mass is 31.2. The molecule has 0 spiro atoms. The minimum absolute atomic E-state index is 0.296. The van der Waals surface area contributed by atoms with Crippen molar-refractivity contribution in [3.8, 4) is 11.5 Å². The quantitative estimate of drug-likeness (QED) is 0.176. The van der Waals surface area contributed by atoms with Crippen LogP contribution in [-0.4, -0.2) is 39.8 Å². The monoisotopic (exact) mass is 483 g/mol. The molecule has 3 aromatic carbocycles. The van der Waals surface area contributed by atoms with Gasteiger partial charge in [0.05, 0.1) is 6.16 Å². The van der Waals surface area contributed by atoms with Crippen molar-refractivity contribution in [1.82, 2.24) is 0 Å². The van der Waals surface area contributed by atoms with Crippen molar-refractivity contribution in [3.63, 3.8) is 0 Å². The lowest BCUT2D eigenvalue weighted by atomic mass is 10.1. The summed E-state index contributed by atoms with van der Waals surface area (Å²) in [6.45, 7) is 0.729. The summed E-state index contributed by atoms with van der Waals surface area (Å²) in [4.78, 5) is 4.95. The van der Waals surface area contributed by atoms with Gasteiger partial charge in [0.25, 0.3) is 0 Å². The molecule has 0 aliphatic heterocycles. The van der Waals surface area contributed by atoms with E-state index in [-0.39, 0.29) is 0 Å². The molecular formula is C26H30NO6P. The SMILES string of the molecule is CO/N=C(\COc1ccc(COc2ccc(CCP(=O)(OC)OC)cc2)cc1)c1ccccc1. The molecule has 0 heterocycles. The fourth-order valence-corrected chi connectivity index (χ4v) is 4.23. The van der Waals surface area contributed by atoms with Gasteiger partial charge in [0.2, 0.25) is 0 Å². The van der Waals surface area contributed by atoms with Crippen LogP contribution in [0.1, 0.15) is 16.7 Å². The molecule has 180 valence electrons. The summed E-state index contributed by atoms with van der Waals surface area (Å²) in [6.07, 6.45) is 0.931. The summed E-state index contributed by atoms with van der Waals surface area (Å²) >= 11 is 0. The van der Waals surface area contributed by atoms with Crippen LogP contribution in [0.5, 0.6) is 11.5 Å². The van der Waals surface area contributed by atoms with Crippen LogP contribution in [0.2, 0.25) is 0 Å². The maximum Gasteiger partial charge on any atom is 0.330 e. The summed E-state index contributed by atoms with van der Waals surface area (Å²) in [5.41, 5.74) is 3.72. The lowest BCUT2D eigenvalue weighted by Crippen LogP contribution is -2.13. The Morgan fingerprint density at radius 1 is 0.765 bits per heavy atom. The second-order valence-electron chi connectivity index (χ2n) is 7.40. The molecular weight excluding hydrogens is 453 g/mol. The predicted molar refractivity (Wildman–Crippen MR) is 133 cm³/mol. The molecule has 0 aromatic heterocycles. The number of aryl methyl sites for hydroxylation is 1. The minimum Gasteiger partial charge on any atom is -0.489 e. The molecule has 0 aliphatic rings. The number of rotatable bonds is 13. The van der Waals surface area contributed by atoms with Gasteiger partial charge in [-0.25, -0.2) is 0 Å². The molecule has 7 nitrogen and oxygen atoms in total. The first kappa shape index (κ1) is 25.5. The van der Waals surface area contributed by atoms with Crippen molar-refractivity contribution in [2.45, 2.75) is 13.0 Å². The van der Waals surface area contributed by atoms with Crippen LogP contribution in [0, 0.1) is 0 Å². The van der Waals surface area contributed by atoms with Gasteiger partial charge in [-0.2, -0.15) is 0 Å². The highest BCUT2D eigenvalue weighted by molar-refractivity contribution is 7.53. The summed E-state index contributed by atoms with van der Waals surface area (Å²) in [5, 5.41) is 4.07. The molecule has 0 saturated heterocycles. The molecule has 0 aliphatic carbocycles. The van der Waals surface area contributed by atoms with Crippen molar-refractivity contribution >= 4 is 13.3 Å².